The van der Waals surface area contributed by atoms with Gasteiger partial charge in [-0.2, -0.15) is 0 Å². The van der Waals surface area contributed by atoms with E-state index in [4.69, 9.17) is 5.73 Å². The summed E-state index contributed by atoms with van der Waals surface area (Å²) >= 11 is 0. The van der Waals surface area contributed by atoms with E-state index in [1.807, 2.05) is 13.1 Å². The number of hydrogen-bond donors (Lipinski definition) is 1. The van der Waals surface area contributed by atoms with Gasteiger partial charge < -0.3 is 5.73 Å². The van der Waals surface area contributed by atoms with Gasteiger partial charge in [0.05, 0.1) is 0 Å². The highest BCUT2D eigenvalue weighted by molar-refractivity contribution is 5.65. The van der Waals surface area contributed by atoms with Crippen LogP contribution in [0.15, 0.2) is 54.7 Å². The second-order valence-corrected chi connectivity index (χ2v) is 6.64. The number of aryl methyl sites for hydroxylation is 1. The molecular weight excluding hydrogens is 308 g/mol. The lowest BCUT2D eigenvalue weighted by atomic mass is 9.94. The number of nitrogens with two attached hydrogens (primary N) is 1. The van der Waals surface area contributed by atoms with Crippen LogP contribution in [0.4, 0.5) is 5.82 Å². The number of fused-ring (bicyclic) bond motifs is 1. The number of aromatic nitrogens is 2. The average molecular weight is 330 g/mol. The van der Waals surface area contributed by atoms with Crippen molar-refractivity contribution in [2.45, 2.75) is 26.4 Å². The smallest absolute Gasteiger partial charge is 0.131 e. The van der Waals surface area contributed by atoms with Crippen molar-refractivity contribution in [3.8, 4) is 11.1 Å². The molecule has 0 spiro atoms. The molecule has 1 aromatic heterocycles. The molecule has 4 nitrogen and oxygen atoms in total. The Labute approximate surface area is 148 Å². The molecular formula is C21H22N4. The van der Waals surface area contributed by atoms with Crippen LogP contribution in [0.3, 0.4) is 0 Å². The molecule has 0 amide bonds. The first-order valence-electron chi connectivity index (χ1n) is 8.66. The number of nitrogens with zero attached hydrogens (tertiary/aromatic N) is 3. The van der Waals surface area contributed by atoms with Gasteiger partial charge in [0.15, 0.2) is 0 Å². The van der Waals surface area contributed by atoms with Crippen LogP contribution in [0.1, 0.15) is 22.5 Å². The topological polar surface area (TPSA) is 55.0 Å². The largest absolute Gasteiger partial charge is 0.383 e. The minimum absolute atomic E-state index is 0.595. The molecule has 0 bridgehead atoms. The summed E-state index contributed by atoms with van der Waals surface area (Å²) in [6.45, 7) is 4.63. The molecule has 2 heterocycles. The summed E-state index contributed by atoms with van der Waals surface area (Å²) in [4.78, 5) is 11.0. The summed E-state index contributed by atoms with van der Waals surface area (Å²) in [5, 5.41) is 0. The molecule has 0 fully saturated rings. The number of anilines is 1. The van der Waals surface area contributed by atoms with E-state index < -0.39 is 0 Å². The quantitative estimate of drug-likeness (QED) is 0.797. The van der Waals surface area contributed by atoms with E-state index in [1.165, 1.54) is 22.3 Å². The average Bonchev–Trinajstić information content (AvgIpc) is 2.64. The molecule has 2 N–H and O–H groups in total. The Bertz CT molecular complexity index is 890. The monoisotopic (exact) mass is 330 g/mol. The number of nitrogen functional groups attached to an aromatic ring is 1. The third kappa shape index (κ3) is 3.39. The van der Waals surface area contributed by atoms with Crippen molar-refractivity contribution in [1.82, 2.24) is 14.9 Å². The van der Waals surface area contributed by atoms with Crippen LogP contribution in [-0.4, -0.2) is 21.4 Å². The van der Waals surface area contributed by atoms with Crippen molar-refractivity contribution >= 4 is 5.82 Å². The fourth-order valence-electron chi connectivity index (χ4n) is 3.43. The molecule has 0 atom stereocenters. The number of hydrogen-bond acceptors (Lipinski definition) is 4. The second-order valence-electron chi connectivity index (χ2n) is 6.64. The van der Waals surface area contributed by atoms with Gasteiger partial charge >= 0.3 is 0 Å². The van der Waals surface area contributed by atoms with Gasteiger partial charge in [0.25, 0.3) is 0 Å². The lowest BCUT2D eigenvalue weighted by Gasteiger charge is -2.29. The lowest BCUT2D eigenvalue weighted by molar-refractivity contribution is 0.245. The Morgan fingerprint density at radius 3 is 2.68 bits per heavy atom. The molecule has 1 aliphatic heterocycles. The molecule has 0 radical (unpaired) electrons. The Morgan fingerprint density at radius 1 is 1.04 bits per heavy atom. The van der Waals surface area contributed by atoms with Gasteiger partial charge in [0.1, 0.15) is 11.6 Å². The summed E-state index contributed by atoms with van der Waals surface area (Å²) in [5.74, 6) is 1.32. The third-order valence-electron chi connectivity index (χ3n) is 4.82. The molecule has 126 valence electrons. The highest BCUT2D eigenvalue weighted by Crippen LogP contribution is 2.27. The van der Waals surface area contributed by atoms with Crippen molar-refractivity contribution in [3.63, 3.8) is 0 Å². The number of rotatable bonds is 3. The highest BCUT2D eigenvalue weighted by atomic mass is 15.1. The minimum atomic E-state index is 0.595. The summed E-state index contributed by atoms with van der Waals surface area (Å²) < 4.78 is 0. The predicted molar refractivity (Wildman–Crippen MR) is 101 cm³/mol. The van der Waals surface area contributed by atoms with Crippen LogP contribution < -0.4 is 5.73 Å². The third-order valence-corrected chi connectivity index (χ3v) is 4.82. The van der Waals surface area contributed by atoms with Crippen molar-refractivity contribution < 1.29 is 0 Å². The molecule has 0 saturated carbocycles. The summed E-state index contributed by atoms with van der Waals surface area (Å²) in [5.41, 5.74) is 12.5. The van der Waals surface area contributed by atoms with Gasteiger partial charge in [-0.3, -0.25) is 4.90 Å². The van der Waals surface area contributed by atoms with Crippen molar-refractivity contribution in [1.29, 1.82) is 0 Å². The van der Waals surface area contributed by atoms with E-state index in [1.54, 1.807) is 0 Å². The van der Waals surface area contributed by atoms with Crippen LogP contribution >= 0.6 is 0 Å². The SMILES string of the molecule is Cc1ncc(CN2CCc3cc(-c4ccccc4)ccc3C2)c(N)n1. The van der Waals surface area contributed by atoms with E-state index in [0.717, 1.165) is 37.4 Å². The molecule has 4 rings (SSSR count). The van der Waals surface area contributed by atoms with Crippen LogP contribution in [0.25, 0.3) is 11.1 Å². The van der Waals surface area contributed by atoms with Crippen LogP contribution in [0.2, 0.25) is 0 Å². The summed E-state index contributed by atoms with van der Waals surface area (Å²) in [6, 6.07) is 17.4. The van der Waals surface area contributed by atoms with Crippen LogP contribution in [-0.2, 0) is 19.5 Å². The molecule has 4 heteroatoms. The van der Waals surface area contributed by atoms with Crippen LogP contribution in [0.5, 0.6) is 0 Å². The fourth-order valence-corrected chi connectivity index (χ4v) is 3.43. The van der Waals surface area contributed by atoms with Crippen molar-refractivity contribution in [2.75, 3.05) is 12.3 Å². The maximum absolute atomic E-state index is 6.04. The zero-order chi connectivity index (χ0) is 17.2. The summed E-state index contributed by atoms with van der Waals surface area (Å²) in [7, 11) is 0. The van der Waals surface area contributed by atoms with Gasteiger partial charge in [-0.05, 0) is 35.6 Å². The van der Waals surface area contributed by atoms with E-state index in [-0.39, 0.29) is 0 Å². The van der Waals surface area contributed by atoms with E-state index in [2.05, 4.69) is 63.4 Å². The molecule has 0 unspecified atom stereocenters. The first-order valence-corrected chi connectivity index (χ1v) is 8.66. The molecule has 2 aromatic carbocycles. The zero-order valence-electron chi connectivity index (χ0n) is 14.4. The van der Waals surface area contributed by atoms with Gasteiger partial charge in [-0.15, -0.1) is 0 Å². The molecule has 0 saturated heterocycles. The maximum Gasteiger partial charge on any atom is 0.131 e. The van der Waals surface area contributed by atoms with Crippen LogP contribution in [0, 0.1) is 6.92 Å². The first-order chi connectivity index (χ1) is 12.2. The van der Waals surface area contributed by atoms with E-state index in [9.17, 15) is 0 Å². The Morgan fingerprint density at radius 2 is 1.88 bits per heavy atom. The molecule has 1 aliphatic rings. The van der Waals surface area contributed by atoms with E-state index in [0.29, 0.717) is 5.82 Å². The van der Waals surface area contributed by atoms with Gasteiger partial charge in [-0.1, -0.05) is 48.5 Å². The van der Waals surface area contributed by atoms with Gasteiger partial charge in [0.2, 0.25) is 0 Å². The minimum Gasteiger partial charge on any atom is -0.383 e. The normalized spacial score (nSPS) is 14.3. The predicted octanol–water partition coefficient (Wildman–Crippen LogP) is 3.59. The standard InChI is InChI=1S/C21H22N4/c1-15-23-12-20(21(22)24-15)14-25-10-9-18-11-17(7-8-19(18)13-25)16-5-3-2-4-6-16/h2-8,11-12H,9-10,13-14H2,1H3,(H2,22,23,24). The fraction of sp³-hybridized carbons (Fsp3) is 0.238. The van der Waals surface area contributed by atoms with E-state index >= 15 is 0 Å². The first kappa shape index (κ1) is 15.8. The van der Waals surface area contributed by atoms with Crippen molar-refractivity contribution in [2.24, 2.45) is 0 Å². The molecule has 25 heavy (non-hydrogen) atoms. The summed E-state index contributed by atoms with van der Waals surface area (Å²) in [6.07, 6.45) is 2.91. The zero-order valence-corrected chi connectivity index (χ0v) is 14.4. The molecule has 0 aliphatic carbocycles. The molecule has 3 aromatic rings. The Kier molecular flexibility index (Phi) is 4.20. The van der Waals surface area contributed by atoms with Gasteiger partial charge in [-0.25, -0.2) is 9.97 Å². The highest BCUT2D eigenvalue weighted by Gasteiger charge is 2.18. The van der Waals surface area contributed by atoms with Crippen molar-refractivity contribution in [3.05, 3.63) is 77.2 Å². The lowest BCUT2D eigenvalue weighted by Crippen LogP contribution is -2.30. The second kappa shape index (κ2) is 6.65. The Balaban J connectivity index is 1.52. The maximum atomic E-state index is 6.04. The van der Waals surface area contributed by atoms with Gasteiger partial charge in [0, 0.05) is 31.4 Å². The Hall–Kier alpha value is -2.72. The number of benzene rings is 2.